The lowest BCUT2D eigenvalue weighted by atomic mass is 9.52. The molecule has 160 valence electrons. The van der Waals surface area contributed by atoms with Crippen LogP contribution in [0.1, 0.15) is 56.7 Å². The molecule has 2 aromatic rings. The normalized spacial score (nSPS) is 25.7. The van der Waals surface area contributed by atoms with Crippen molar-refractivity contribution in [1.29, 1.82) is 0 Å². The first-order chi connectivity index (χ1) is 14.2. The first-order valence-electron chi connectivity index (χ1n) is 10.4. The Bertz CT molecular complexity index is 900. The molecule has 0 aliphatic heterocycles. The van der Waals surface area contributed by atoms with Crippen molar-refractivity contribution in [2.75, 3.05) is 17.2 Å². The smallest absolute Gasteiger partial charge is 0.409 e. The van der Waals surface area contributed by atoms with Crippen LogP contribution in [0, 0.1) is 5.41 Å². The number of fused-ring (bicyclic) bond motifs is 3. The summed E-state index contributed by atoms with van der Waals surface area (Å²) in [6, 6.07) is 10.6. The molecule has 3 aliphatic rings. The molecule has 1 heterocycles. The SMILES string of the molecule is CC(F)(F)c1ccc(C23CCC(CNc4cccc(NC(=O)O)c4)(CC2)CC3)nc1. The number of pyridine rings is 1. The Hall–Kier alpha value is -2.70. The topological polar surface area (TPSA) is 74.2 Å². The minimum Gasteiger partial charge on any atom is -0.465 e. The molecule has 1 aromatic carbocycles. The van der Waals surface area contributed by atoms with Crippen molar-refractivity contribution >= 4 is 17.5 Å². The summed E-state index contributed by atoms with van der Waals surface area (Å²) in [6.07, 6.45) is 6.52. The highest BCUT2D eigenvalue weighted by atomic mass is 19.3. The van der Waals surface area contributed by atoms with Gasteiger partial charge in [0.2, 0.25) is 0 Å². The molecule has 3 aliphatic carbocycles. The third-order valence-corrected chi connectivity index (χ3v) is 7.00. The van der Waals surface area contributed by atoms with Gasteiger partial charge in [0.25, 0.3) is 5.92 Å². The number of anilines is 2. The van der Waals surface area contributed by atoms with Crippen molar-refractivity contribution in [2.24, 2.45) is 5.41 Å². The van der Waals surface area contributed by atoms with Gasteiger partial charge in [-0.2, -0.15) is 0 Å². The van der Waals surface area contributed by atoms with E-state index in [9.17, 15) is 13.6 Å². The van der Waals surface area contributed by atoms with Crippen molar-refractivity contribution in [3.05, 3.63) is 53.9 Å². The number of amides is 1. The van der Waals surface area contributed by atoms with Crippen LogP contribution < -0.4 is 10.6 Å². The lowest BCUT2D eigenvalue weighted by Gasteiger charge is -2.53. The van der Waals surface area contributed by atoms with E-state index in [4.69, 9.17) is 5.11 Å². The molecule has 0 radical (unpaired) electrons. The summed E-state index contributed by atoms with van der Waals surface area (Å²) in [5, 5.41) is 14.7. The number of alkyl halides is 2. The van der Waals surface area contributed by atoms with Crippen molar-refractivity contribution in [3.8, 4) is 0 Å². The van der Waals surface area contributed by atoms with E-state index < -0.39 is 12.0 Å². The van der Waals surface area contributed by atoms with Crippen LogP contribution >= 0.6 is 0 Å². The summed E-state index contributed by atoms with van der Waals surface area (Å²) >= 11 is 0. The van der Waals surface area contributed by atoms with Gasteiger partial charge in [-0.1, -0.05) is 6.07 Å². The lowest BCUT2D eigenvalue weighted by molar-refractivity contribution is 0.0167. The third kappa shape index (κ3) is 4.11. The summed E-state index contributed by atoms with van der Waals surface area (Å²) in [4.78, 5) is 15.3. The quantitative estimate of drug-likeness (QED) is 0.542. The van der Waals surface area contributed by atoms with Crippen LogP contribution in [0.2, 0.25) is 0 Å². The maximum Gasteiger partial charge on any atom is 0.409 e. The van der Waals surface area contributed by atoms with E-state index in [1.165, 1.54) is 12.3 Å². The van der Waals surface area contributed by atoms with E-state index in [0.717, 1.165) is 63.4 Å². The van der Waals surface area contributed by atoms with E-state index in [1.54, 1.807) is 18.2 Å². The van der Waals surface area contributed by atoms with Crippen LogP contribution in [-0.2, 0) is 11.3 Å². The summed E-state index contributed by atoms with van der Waals surface area (Å²) < 4.78 is 27.0. The van der Waals surface area contributed by atoms with Crippen LogP contribution in [-0.4, -0.2) is 22.7 Å². The second kappa shape index (κ2) is 7.52. The maximum atomic E-state index is 13.5. The molecule has 3 N–H and O–H groups in total. The number of nitrogens with one attached hydrogen (secondary N) is 2. The summed E-state index contributed by atoms with van der Waals surface area (Å²) in [5.41, 5.74) is 2.58. The molecule has 5 rings (SSSR count). The van der Waals surface area contributed by atoms with Crippen LogP contribution in [0.4, 0.5) is 25.0 Å². The molecule has 0 spiro atoms. The summed E-state index contributed by atoms with van der Waals surface area (Å²) in [5.74, 6) is -2.86. The van der Waals surface area contributed by atoms with Gasteiger partial charge >= 0.3 is 6.09 Å². The Kier molecular flexibility index (Phi) is 5.16. The number of aromatic nitrogens is 1. The molecule has 0 unspecified atom stereocenters. The standard InChI is InChI=1S/C23H27F2N3O2/c1-21(24,25)16-5-6-19(26-14-16)23-10-7-22(8-11-23,9-12-23)15-27-17-3-2-4-18(13-17)28-20(29)30/h2-6,13-14,27-28H,7-12,15H2,1H3,(H,29,30). The van der Waals surface area contributed by atoms with Gasteiger partial charge in [-0.05, 0) is 74.3 Å². The molecule has 0 saturated heterocycles. The molecule has 5 nitrogen and oxygen atoms in total. The number of nitrogens with zero attached hydrogens (tertiary/aromatic N) is 1. The second-order valence-electron chi connectivity index (χ2n) is 8.97. The molecule has 1 aromatic heterocycles. The highest BCUT2D eigenvalue weighted by Gasteiger charge is 2.49. The molecule has 3 saturated carbocycles. The largest absolute Gasteiger partial charge is 0.465 e. The fourth-order valence-corrected chi connectivity index (χ4v) is 5.00. The van der Waals surface area contributed by atoms with Gasteiger partial charge in [-0.15, -0.1) is 0 Å². The van der Waals surface area contributed by atoms with E-state index in [0.29, 0.717) is 5.69 Å². The van der Waals surface area contributed by atoms with Gasteiger partial charge in [0, 0.05) is 47.7 Å². The number of benzene rings is 1. The molecule has 30 heavy (non-hydrogen) atoms. The van der Waals surface area contributed by atoms with E-state index in [-0.39, 0.29) is 16.4 Å². The van der Waals surface area contributed by atoms with E-state index in [1.807, 2.05) is 12.1 Å². The second-order valence-corrected chi connectivity index (χ2v) is 8.97. The minimum absolute atomic E-state index is 0.00856. The molecule has 0 atom stereocenters. The van der Waals surface area contributed by atoms with Crippen molar-refractivity contribution in [2.45, 2.75) is 56.8 Å². The van der Waals surface area contributed by atoms with Gasteiger partial charge < -0.3 is 10.4 Å². The van der Waals surface area contributed by atoms with E-state index in [2.05, 4.69) is 15.6 Å². The highest BCUT2D eigenvalue weighted by molar-refractivity contribution is 5.83. The van der Waals surface area contributed by atoms with Crippen molar-refractivity contribution < 1.29 is 18.7 Å². The summed E-state index contributed by atoms with van der Waals surface area (Å²) in [6.45, 7) is 1.74. The van der Waals surface area contributed by atoms with Crippen LogP contribution in [0.3, 0.4) is 0 Å². The molecule has 3 fully saturated rings. The third-order valence-electron chi connectivity index (χ3n) is 7.00. The number of halogens is 2. The van der Waals surface area contributed by atoms with Crippen LogP contribution in [0.5, 0.6) is 0 Å². The Morgan fingerprint density at radius 1 is 1.10 bits per heavy atom. The zero-order valence-electron chi connectivity index (χ0n) is 17.0. The van der Waals surface area contributed by atoms with Gasteiger partial charge in [-0.25, -0.2) is 13.6 Å². The summed E-state index contributed by atoms with van der Waals surface area (Å²) in [7, 11) is 0. The highest BCUT2D eigenvalue weighted by Crippen LogP contribution is 2.57. The predicted octanol–water partition coefficient (Wildman–Crippen LogP) is 5.99. The molecule has 1 amide bonds. The number of carbonyl (C=O) groups is 1. The minimum atomic E-state index is -2.86. The number of rotatable bonds is 6. The predicted molar refractivity (Wildman–Crippen MR) is 112 cm³/mol. The molecular formula is C23H27F2N3O2. The Morgan fingerprint density at radius 2 is 1.77 bits per heavy atom. The van der Waals surface area contributed by atoms with Gasteiger partial charge in [0.05, 0.1) is 0 Å². The average molecular weight is 415 g/mol. The average Bonchev–Trinajstić information content (AvgIpc) is 2.73. The zero-order chi connectivity index (χ0) is 21.4. The fourth-order valence-electron chi connectivity index (χ4n) is 5.00. The first kappa shape index (κ1) is 20.6. The zero-order valence-corrected chi connectivity index (χ0v) is 17.0. The first-order valence-corrected chi connectivity index (χ1v) is 10.4. The molecular weight excluding hydrogens is 388 g/mol. The Balaban J connectivity index is 1.39. The van der Waals surface area contributed by atoms with Gasteiger partial charge in [0.15, 0.2) is 0 Å². The maximum absolute atomic E-state index is 13.5. The van der Waals surface area contributed by atoms with E-state index >= 15 is 0 Å². The van der Waals surface area contributed by atoms with Gasteiger partial charge in [-0.3, -0.25) is 10.3 Å². The van der Waals surface area contributed by atoms with Crippen LogP contribution in [0.15, 0.2) is 42.6 Å². The van der Waals surface area contributed by atoms with Crippen molar-refractivity contribution in [1.82, 2.24) is 4.98 Å². The monoisotopic (exact) mass is 415 g/mol. The lowest BCUT2D eigenvalue weighted by Crippen LogP contribution is -2.47. The molecule has 2 bridgehead atoms. The van der Waals surface area contributed by atoms with Gasteiger partial charge in [0.1, 0.15) is 0 Å². The number of carboxylic acid groups (broad SMARTS) is 1. The van der Waals surface area contributed by atoms with Crippen LogP contribution in [0.25, 0.3) is 0 Å². The number of hydrogen-bond acceptors (Lipinski definition) is 3. The Morgan fingerprint density at radius 3 is 2.33 bits per heavy atom. The number of hydrogen-bond donors (Lipinski definition) is 3. The fraction of sp³-hybridized carbons (Fsp3) is 0.478. The van der Waals surface area contributed by atoms with Crippen molar-refractivity contribution in [3.63, 3.8) is 0 Å². The molecule has 7 heteroatoms. The Labute approximate surface area is 174 Å².